The number of thiophene rings is 1. The number of rotatable bonds is 3. The van der Waals surface area contributed by atoms with E-state index in [0.29, 0.717) is 6.42 Å². The van der Waals surface area contributed by atoms with Crippen molar-refractivity contribution in [1.82, 2.24) is 4.98 Å². The fourth-order valence-electron chi connectivity index (χ4n) is 2.00. The van der Waals surface area contributed by atoms with Gasteiger partial charge in [-0.05, 0) is 39.5 Å². The lowest BCUT2D eigenvalue weighted by Crippen LogP contribution is -2.14. The highest BCUT2D eigenvalue weighted by molar-refractivity contribution is 9.10. The Bertz CT molecular complexity index is 756. The van der Waals surface area contributed by atoms with Crippen LogP contribution in [0.5, 0.6) is 0 Å². The molecule has 20 heavy (non-hydrogen) atoms. The van der Waals surface area contributed by atoms with Crippen LogP contribution in [0.15, 0.2) is 52.4 Å². The monoisotopic (exact) mass is 346 g/mol. The van der Waals surface area contributed by atoms with Crippen molar-refractivity contribution in [3.05, 3.63) is 57.3 Å². The largest absolute Gasteiger partial charge is 0.324 e. The highest BCUT2D eigenvalue weighted by Crippen LogP contribution is 2.24. The Hall–Kier alpha value is -1.72. The van der Waals surface area contributed by atoms with Crippen molar-refractivity contribution in [2.24, 2.45) is 0 Å². The van der Waals surface area contributed by atoms with Crippen molar-refractivity contribution in [1.29, 1.82) is 0 Å². The minimum absolute atomic E-state index is 0.0235. The summed E-state index contributed by atoms with van der Waals surface area (Å²) in [7, 11) is 0. The molecule has 5 heteroatoms. The molecule has 0 bridgehead atoms. The summed E-state index contributed by atoms with van der Waals surface area (Å²) >= 11 is 4.98. The van der Waals surface area contributed by atoms with Gasteiger partial charge in [0.1, 0.15) is 0 Å². The summed E-state index contributed by atoms with van der Waals surface area (Å²) in [5.74, 6) is -0.0235. The van der Waals surface area contributed by atoms with Gasteiger partial charge in [-0.3, -0.25) is 9.78 Å². The molecule has 2 aromatic heterocycles. The zero-order chi connectivity index (χ0) is 13.9. The average molecular weight is 347 g/mol. The van der Waals surface area contributed by atoms with Crippen molar-refractivity contribution in [2.45, 2.75) is 6.42 Å². The van der Waals surface area contributed by atoms with Gasteiger partial charge in [0.2, 0.25) is 5.91 Å². The van der Waals surface area contributed by atoms with Gasteiger partial charge < -0.3 is 5.32 Å². The molecule has 0 saturated heterocycles. The molecule has 1 aromatic carbocycles. The third-order valence-corrected chi connectivity index (χ3v) is 4.18. The Labute approximate surface area is 128 Å². The van der Waals surface area contributed by atoms with Gasteiger partial charge >= 0.3 is 0 Å². The molecule has 0 aliphatic heterocycles. The number of carbonyl (C=O) groups excluding carboxylic acids is 1. The van der Waals surface area contributed by atoms with Crippen LogP contribution in [0.2, 0.25) is 0 Å². The maximum Gasteiger partial charge on any atom is 0.229 e. The van der Waals surface area contributed by atoms with Gasteiger partial charge in [0.05, 0.1) is 17.6 Å². The molecule has 0 saturated carbocycles. The Morgan fingerprint density at radius 1 is 1.30 bits per heavy atom. The number of nitrogens with zero attached hydrogens (tertiary/aromatic N) is 1. The Morgan fingerprint density at radius 2 is 2.20 bits per heavy atom. The molecule has 0 fully saturated rings. The summed E-state index contributed by atoms with van der Waals surface area (Å²) in [6.07, 6.45) is 2.13. The third kappa shape index (κ3) is 2.89. The van der Waals surface area contributed by atoms with Crippen molar-refractivity contribution in [3.63, 3.8) is 0 Å². The highest BCUT2D eigenvalue weighted by atomic mass is 79.9. The van der Waals surface area contributed by atoms with Gasteiger partial charge in [0, 0.05) is 20.9 Å². The molecule has 0 atom stereocenters. The summed E-state index contributed by atoms with van der Waals surface area (Å²) < 4.78 is 0.923. The van der Waals surface area contributed by atoms with E-state index in [1.807, 2.05) is 41.8 Å². The number of nitrogens with one attached hydrogen (secondary N) is 1. The minimum atomic E-state index is -0.0235. The number of carbonyl (C=O) groups is 1. The minimum Gasteiger partial charge on any atom is -0.324 e. The van der Waals surface area contributed by atoms with Crippen LogP contribution in [0.1, 0.15) is 4.88 Å². The summed E-state index contributed by atoms with van der Waals surface area (Å²) in [5.41, 5.74) is 1.55. The summed E-state index contributed by atoms with van der Waals surface area (Å²) in [5, 5.41) is 5.90. The van der Waals surface area contributed by atoms with Crippen LogP contribution in [0.4, 0.5) is 5.69 Å². The van der Waals surface area contributed by atoms with Crippen LogP contribution in [0.25, 0.3) is 10.9 Å². The lowest BCUT2D eigenvalue weighted by molar-refractivity contribution is -0.115. The predicted molar refractivity (Wildman–Crippen MR) is 86.1 cm³/mol. The molecule has 3 nitrogen and oxygen atoms in total. The van der Waals surface area contributed by atoms with Crippen molar-refractivity contribution in [3.8, 4) is 0 Å². The van der Waals surface area contributed by atoms with Gasteiger partial charge in [-0.1, -0.05) is 18.2 Å². The molecular formula is C15H11BrN2OS. The summed E-state index contributed by atoms with van der Waals surface area (Å²) in [6.45, 7) is 0. The summed E-state index contributed by atoms with van der Waals surface area (Å²) in [6, 6.07) is 11.7. The van der Waals surface area contributed by atoms with E-state index < -0.39 is 0 Å². The maximum atomic E-state index is 12.0. The van der Waals surface area contributed by atoms with E-state index in [2.05, 4.69) is 26.2 Å². The van der Waals surface area contributed by atoms with Crippen LogP contribution >= 0.6 is 27.3 Å². The van der Waals surface area contributed by atoms with E-state index in [9.17, 15) is 4.79 Å². The van der Waals surface area contributed by atoms with E-state index in [1.165, 1.54) is 0 Å². The smallest absolute Gasteiger partial charge is 0.229 e. The van der Waals surface area contributed by atoms with Crippen molar-refractivity contribution < 1.29 is 4.79 Å². The van der Waals surface area contributed by atoms with Crippen molar-refractivity contribution in [2.75, 3.05) is 5.32 Å². The van der Waals surface area contributed by atoms with E-state index in [0.717, 1.165) is 25.9 Å². The number of amides is 1. The van der Waals surface area contributed by atoms with E-state index in [4.69, 9.17) is 0 Å². The van der Waals surface area contributed by atoms with Gasteiger partial charge in [-0.2, -0.15) is 0 Å². The first kappa shape index (κ1) is 13.3. The number of hydrogen-bond acceptors (Lipinski definition) is 3. The molecule has 1 amide bonds. The number of fused-ring (bicyclic) bond motifs is 1. The Kier molecular flexibility index (Phi) is 3.80. The number of halogens is 1. The standard InChI is InChI=1S/C15H11BrN2OS/c16-11-7-10-3-1-5-13(15(10)17-9-11)18-14(19)8-12-4-2-6-20-12/h1-7,9H,8H2,(H,18,19). The van der Waals surface area contributed by atoms with Gasteiger partial charge in [-0.25, -0.2) is 0 Å². The second-order valence-electron chi connectivity index (χ2n) is 4.34. The Balaban J connectivity index is 1.85. The molecule has 2 heterocycles. The van der Waals surface area contributed by atoms with Crippen LogP contribution < -0.4 is 5.32 Å². The van der Waals surface area contributed by atoms with E-state index in [1.54, 1.807) is 17.5 Å². The quantitative estimate of drug-likeness (QED) is 0.770. The van der Waals surface area contributed by atoms with Crippen LogP contribution in [-0.4, -0.2) is 10.9 Å². The van der Waals surface area contributed by atoms with E-state index in [-0.39, 0.29) is 5.91 Å². The van der Waals surface area contributed by atoms with Crippen molar-refractivity contribution >= 4 is 49.8 Å². The lowest BCUT2D eigenvalue weighted by Gasteiger charge is -2.07. The average Bonchev–Trinajstić information content (AvgIpc) is 2.91. The zero-order valence-electron chi connectivity index (χ0n) is 10.5. The molecule has 1 N–H and O–H groups in total. The SMILES string of the molecule is O=C(Cc1cccs1)Nc1cccc2cc(Br)cnc12. The second-order valence-corrected chi connectivity index (χ2v) is 6.28. The molecule has 0 aliphatic carbocycles. The zero-order valence-corrected chi connectivity index (χ0v) is 12.9. The fraction of sp³-hybridized carbons (Fsp3) is 0.0667. The predicted octanol–water partition coefficient (Wildman–Crippen LogP) is 4.24. The van der Waals surface area contributed by atoms with E-state index >= 15 is 0 Å². The number of anilines is 1. The number of hydrogen-bond donors (Lipinski definition) is 1. The molecule has 3 aromatic rings. The normalized spacial score (nSPS) is 10.7. The molecule has 0 radical (unpaired) electrons. The number of benzene rings is 1. The number of aromatic nitrogens is 1. The number of pyridine rings is 1. The first-order valence-electron chi connectivity index (χ1n) is 6.09. The van der Waals surface area contributed by atoms with Crippen LogP contribution in [0.3, 0.4) is 0 Å². The van der Waals surface area contributed by atoms with Crippen LogP contribution in [-0.2, 0) is 11.2 Å². The number of para-hydroxylation sites is 1. The molecule has 3 rings (SSSR count). The molecular weight excluding hydrogens is 336 g/mol. The first-order valence-corrected chi connectivity index (χ1v) is 7.76. The molecule has 100 valence electrons. The Morgan fingerprint density at radius 3 is 3.00 bits per heavy atom. The second kappa shape index (κ2) is 5.73. The third-order valence-electron chi connectivity index (χ3n) is 2.87. The van der Waals surface area contributed by atoms with Crippen LogP contribution in [0, 0.1) is 0 Å². The van der Waals surface area contributed by atoms with Gasteiger partial charge in [0.25, 0.3) is 0 Å². The molecule has 0 unspecified atom stereocenters. The fourth-order valence-corrected chi connectivity index (χ4v) is 3.05. The van der Waals surface area contributed by atoms with Gasteiger partial charge in [-0.15, -0.1) is 11.3 Å². The summed E-state index contributed by atoms with van der Waals surface area (Å²) in [4.78, 5) is 17.5. The topological polar surface area (TPSA) is 42.0 Å². The molecule has 0 aliphatic rings. The highest BCUT2D eigenvalue weighted by Gasteiger charge is 2.08. The molecule has 0 spiro atoms. The first-order chi connectivity index (χ1) is 9.72. The lowest BCUT2D eigenvalue weighted by atomic mass is 10.2. The maximum absolute atomic E-state index is 12.0. The van der Waals surface area contributed by atoms with Gasteiger partial charge in [0.15, 0.2) is 0 Å².